The number of rotatable bonds is 8. The number of ether oxygens (including phenoxy) is 1. The van der Waals surface area contributed by atoms with Crippen molar-refractivity contribution in [2.45, 2.75) is 25.9 Å². The fraction of sp³-hybridized carbons (Fsp3) is 0.160. The Morgan fingerprint density at radius 3 is 2.09 bits per heavy atom. The van der Waals surface area contributed by atoms with Crippen LogP contribution >= 0.6 is 11.6 Å². The molecule has 0 saturated heterocycles. The minimum atomic E-state index is -0.837. The third kappa shape index (κ3) is 7.36. The first-order valence-corrected chi connectivity index (χ1v) is 10.8. The van der Waals surface area contributed by atoms with Gasteiger partial charge in [0.25, 0.3) is 5.91 Å². The van der Waals surface area contributed by atoms with Gasteiger partial charge in [-0.1, -0.05) is 66.2 Å². The monoisotopic (exact) mass is 465 g/mol. The second kappa shape index (κ2) is 11.7. The van der Waals surface area contributed by atoms with Crippen LogP contribution in [0.25, 0.3) is 11.1 Å². The van der Waals surface area contributed by atoms with Crippen LogP contribution < -0.4 is 20.9 Å². The van der Waals surface area contributed by atoms with Crippen molar-refractivity contribution >= 4 is 35.0 Å². The van der Waals surface area contributed by atoms with Gasteiger partial charge in [0.05, 0.1) is 10.7 Å². The highest BCUT2D eigenvalue weighted by molar-refractivity contribution is 6.33. The number of anilines is 1. The van der Waals surface area contributed by atoms with Crippen molar-refractivity contribution in [2.24, 2.45) is 0 Å². The number of para-hydroxylation sites is 1. The number of hydrogen-bond acceptors (Lipinski definition) is 4. The number of halogens is 1. The fourth-order valence-electron chi connectivity index (χ4n) is 2.91. The molecule has 0 spiro atoms. The van der Waals surface area contributed by atoms with E-state index in [-0.39, 0.29) is 18.7 Å². The van der Waals surface area contributed by atoms with Crippen molar-refractivity contribution in [3.8, 4) is 16.9 Å². The summed E-state index contributed by atoms with van der Waals surface area (Å²) in [5.41, 5.74) is 7.18. The molecule has 3 aromatic carbocycles. The minimum Gasteiger partial charge on any atom is -0.481 e. The molecule has 170 valence electrons. The van der Waals surface area contributed by atoms with Gasteiger partial charge >= 0.3 is 0 Å². The molecule has 0 fully saturated rings. The van der Waals surface area contributed by atoms with Crippen LogP contribution in [0.5, 0.6) is 5.75 Å². The lowest BCUT2D eigenvalue weighted by Crippen LogP contribution is -2.47. The highest BCUT2D eigenvalue weighted by Crippen LogP contribution is 2.23. The minimum absolute atomic E-state index is 0.0628. The van der Waals surface area contributed by atoms with Crippen LogP contribution in [-0.4, -0.2) is 23.8 Å². The Labute approximate surface area is 197 Å². The Hall–Kier alpha value is -3.84. The van der Waals surface area contributed by atoms with Crippen molar-refractivity contribution in [2.75, 3.05) is 5.32 Å². The predicted octanol–water partition coefficient (Wildman–Crippen LogP) is 4.34. The second-order valence-corrected chi connectivity index (χ2v) is 7.62. The summed E-state index contributed by atoms with van der Waals surface area (Å²) in [6.07, 6.45) is -1.00. The number of amides is 3. The molecule has 0 heterocycles. The van der Waals surface area contributed by atoms with Gasteiger partial charge in [0, 0.05) is 12.8 Å². The first kappa shape index (κ1) is 23.8. The Kier molecular flexibility index (Phi) is 8.43. The van der Waals surface area contributed by atoms with E-state index in [4.69, 9.17) is 16.3 Å². The zero-order chi connectivity index (χ0) is 23.6. The maximum Gasteiger partial charge on any atom is 0.279 e. The molecule has 0 aromatic heterocycles. The van der Waals surface area contributed by atoms with E-state index >= 15 is 0 Å². The van der Waals surface area contributed by atoms with Crippen molar-refractivity contribution < 1.29 is 19.1 Å². The quantitative estimate of drug-likeness (QED) is 0.431. The van der Waals surface area contributed by atoms with Gasteiger partial charge in [0.2, 0.25) is 11.8 Å². The third-order valence-corrected chi connectivity index (χ3v) is 5.03. The maximum absolute atomic E-state index is 12.2. The molecular formula is C25H24ClN3O4. The molecule has 0 saturated carbocycles. The predicted molar refractivity (Wildman–Crippen MR) is 128 cm³/mol. The summed E-state index contributed by atoms with van der Waals surface area (Å²) in [5.74, 6) is -0.854. The molecule has 8 heteroatoms. The number of hydrogen-bond donors (Lipinski definition) is 3. The van der Waals surface area contributed by atoms with E-state index in [1.807, 2.05) is 42.5 Å². The molecule has 3 N–H and O–H groups in total. The van der Waals surface area contributed by atoms with Crippen molar-refractivity contribution in [3.05, 3.63) is 83.9 Å². The normalized spacial score (nSPS) is 11.2. The van der Waals surface area contributed by atoms with Crippen LogP contribution in [0, 0.1) is 0 Å². The van der Waals surface area contributed by atoms with E-state index in [9.17, 15) is 14.4 Å². The lowest BCUT2D eigenvalue weighted by atomic mass is 10.1. The molecule has 0 aliphatic rings. The van der Waals surface area contributed by atoms with Crippen molar-refractivity contribution in [1.29, 1.82) is 0 Å². The highest BCUT2D eigenvalue weighted by atomic mass is 35.5. The number of carbonyl (C=O) groups excluding carboxylic acids is 3. The van der Waals surface area contributed by atoms with Crippen molar-refractivity contribution in [3.63, 3.8) is 0 Å². The van der Waals surface area contributed by atoms with Gasteiger partial charge in [-0.3, -0.25) is 25.2 Å². The highest BCUT2D eigenvalue weighted by Gasteiger charge is 2.16. The molecule has 3 amide bonds. The molecule has 0 aliphatic carbocycles. The summed E-state index contributed by atoms with van der Waals surface area (Å²) in [7, 11) is 0. The number of benzene rings is 3. The fourth-order valence-corrected chi connectivity index (χ4v) is 3.09. The summed E-state index contributed by atoms with van der Waals surface area (Å²) in [6, 6.07) is 24.1. The van der Waals surface area contributed by atoms with Crippen LogP contribution in [0.3, 0.4) is 0 Å². The zero-order valence-electron chi connectivity index (χ0n) is 18.0. The number of carbonyl (C=O) groups is 3. The number of hydrazine groups is 1. The molecule has 3 aromatic rings. The molecular weight excluding hydrogens is 442 g/mol. The summed E-state index contributed by atoms with van der Waals surface area (Å²) >= 11 is 5.99. The first-order valence-electron chi connectivity index (χ1n) is 10.4. The van der Waals surface area contributed by atoms with Crippen LogP contribution in [0.1, 0.15) is 19.8 Å². The Morgan fingerprint density at radius 2 is 1.39 bits per heavy atom. The molecule has 0 radical (unpaired) electrons. The summed E-state index contributed by atoms with van der Waals surface area (Å²) in [5, 5.41) is 3.04. The Bertz CT molecular complexity index is 1100. The first-order chi connectivity index (χ1) is 15.9. The molecule has 3 rings (SSSR count). The van der Waals surface area contributed by atoms with Crippen LogP contribution in [0.15, 0.2) is 78.9 Å². The van der Waals surface area contributed by atoms with E-state index in [0.29, 0.717) is 16.5 Å². The standard InChI is InChI=1S/C25H24ClN3O4/c1-17(33-20-13-11-19(12-14-20)18-7-3-2-4-8-18)25(32)29-28-24(31)16-15-23(30)27-22-10-6-5-9-21(22)26/h2-14,17H,15-16H2,1H3,(H,27,30)(H,28,31)(H,29,32)/t17-/m1/s1. The molecule has 0 bridgehead atoms. The van der Waals surface area contributed by atoms with E-state index in [0.717, 1.165) is 11.1 Å². The Balaban J connectivity index is 1.39. The van der Waals surface area contributed by atoms with Gasteiger partial charge in [-0.15, -0.1) is 0 Å². The topological polar surface area (TPSA) is 96.5 Å². The smallest absolute Gasteiger partial charge is 0.279 e. The van der Waals surface area contributed by atoms with Gasteiger partial charge in [-0.2, -0.15) is 0 Å². The van der Waals surface area contributed by atoms with E-state index in [1.54, 1.807) is 43.3 Å². The zero-order valence-corrected chi connectivity index (χ0v) is 18.8. The lowest BCUT2D eigenvalue weighted by molar-refractivity contribution is -0.133. The summed E-state index contributed by atoms with van der Waals surface area (Å²) in [6.45, 7) is 1.57. The van der Waals surface area contributed by atoms with Gasteiger partial charge in [0.15, 0.2) is 6.10 Å². The van der Waals surface area contributed by atoms with Crippen molar-refractivity contribution in [1.82, 2.24) is 10.9 Å². The largest absolute Gasteiger partial charge is 0.481 e. The lowest BCUT2D eigenvalue weighted by Gasteiger charge is -2.15. The number of nitrogens with one attached hydrogen (secondary N) is 3. The van der Waals surface area contributed by atoms with Gasteiger partial charge in [-0.05, 0) is 42.3 Å². The summed E-state index contributed by atoms with van der Waals surface area (Å²) in [4.78, 5) is 36.1. The van der Waals surface area contributed by atoms with Crippen LogP contribution in [-0.2, 0) is 14.4 Å². The third-order valence-electron chi connectivity index (χ3n) is 4.70. The van der Waals surface area contributed by atoms with Crippen LogP contribution in [0.4, 0.5) is 5.69 Å². The molecule has 33 heavy (non-hydrogen) atoms. The van der Waals surface area contributed by atoms with E-state index in [2.05, 4.69) is 16.2 Å². The van der Waals surface area contributed by atoms with Crippen LogP contribution in [0.2, 0.25) is 5.02 Å². The van der Waals surface area contributed by atoms with E-state index < -0.39 is 17.9 Å². The van der Waals surface area contributed by atoms with Gasteiger partial charge in [0.1, 0.15) is 5.75 Å². The van der Waals surface area contributed by atoms with Gasteiger partial charge in [-0.25, -0.2) is 0 Å². The Morgan fingerprint density at radius 1 is 0.788 bits per heavy atom. The second-order valence-electron chi connectivity index (χ2n) is 7.22. The average molecular weight is 466 g/mol. The van der Waals surface area contributed by atoms with Gasteiger partial charge < -0.3 is 10.1 Å². The SMILES string of the molecule is C[C@@H](Oc1ccc(-c2ccccc2)cc1)C(=O)NNC(=O)CCC(=O)Nc1ccccc1Cl. The molecule has 1 atom stereocenters. The molecule has 0 aliphatic heterocycles. The summed E-state index contributed by atoms with van der Waals surface area (Å²) < 4.78 is 5.64. The molecule has 7 nitrogen and oxygen atoms in total. The maximum atomic E-state index is 12.2. The molecule has 0 unspecified atom stereocenters. The average Bonchev–Trinajstić information content (AvgIpc) is 2.83. The van der Waals surface area contributed by atoms with E-state index in [1.165, 1.54) is 0 Å².